The molecule has 4 rings (SSSR count). The zero-order valence-electron chi connectivity index (χ0n) is 19.1. The van der Waals surface area contributed by atoms with Gasteiger partial charge in [-0.2, -0.15) is 0 Å². The number of aromatic amines is 1. The molecule has 0 saturated carbocycles. The van der Waals surface area contributed by atoms with Gasteiger partial charge in [-0.1, -0.05) is 24.3 Å². The molecule has 1 fully saturated rings. The number of rotatable bonds is 7. The minimum Gasteiger partial charge on any atom is -0.495 e. The molecule has 8 nitrogen and oxygen atoms in total. The van der Waals surface area contributed by atoms with Crippen LogP contribution in [0.3, 0.4) is 0 Å². The minimum atomic E-state index is -0.281. The zero-order valence-corrected chi connectivity index (χ0v) is 19.1. The van der Waals surface area contributed by atoms with E-state index >= 15 is 0 Å². The van der Waals surface area contributed by atoms with Crippen LogP contribution in [0.15, 0.2) is 53.3 Å². The van der Waals surface area contributed by atoms with E-state index in [1.807, 2.05) is 43.3 Å². The second kappa shape index (κ2) is 10.5. The highest BCUT2D eigenvalue weighted by atomic mass is 16.5. The maximum Gasteiger partial charge on any atom is 0.322 e. The molecule has 2 heterocycles. The average Bonchev–Trinajstić information content (AvgIpc) is 2.83. The largest absolute Gasteiger partial charge is 0.495 e. The van der Waals surface area contributed by atoms with Crippen LogP contribution in [-0.2, 0) is 11.3 Å². The Labute approximate surface area is 193 Å². The van der Waals surface area contributed by atoms with Crippen LogP contribution < -0.4 is 15.6 Å². The van der Waals surface area contributed by atoms with E-state index in [2.05, 4.69) is 15.2 Å². The van der Waals surface area contributed by atoms with E-state index in [-0.39, 0.29) is 18.1 Å². The number of carbonyl (C=O) groups is 1. The number of morpholine rings is 1. The molecule has 2 amide bonds. The summed E-state index contributed by atoms with van der Waals surface area (Å²) in [7, 11) is 1.57. The smallest absolute Gasteiger partial charge is 0.322 e. The Morgan fingerprint density at radius 2 is 1.97 bits per heavy atom. The number of amides is 2. The van der Waals surface area contributed by atoms with Crippen molar-refractivity contribution in [3.63, 3.8) is 0 Å². The monoisotopic (exact) mass is 450 g/mol. The third kappa shape index (κ3) is 5.71. The molecule has 1 aromatic heterocycles. The van der Waals surface area contributed by atoms with Crippen LogP contribution in [0, 0.1) is 6.92 Å². The van der Waals surface area contributed by atoms with Gasteiger partial charge in [0.25, 0.3) is 5.56 Å². The van der Waals surface area contributed by atoms with Gasteiger partial charge in [-0.3, -0.25) is 9.69 Å². The Morgan fingerprint density at radius 3 is 2.76 bits per heavy atom. The van der Waals surface area contributed by atoms with Crippen LogP contribution in [0.25, 0.3) is 10.9 Å². The van der Waals surface area contributed by atoms with Crippen LogP contribution in [0.2, 0.25) is 0 Å². The van der Waals surface area contributed by atoms with Gasteiger partial charge in [0.2, 0.25) is 0 Å². The Morgan fingerprint density at radius 1 is 1.18 bits per heavy atom. The SMILES string of the molecule is COc1ccccc1NC(=O)N(CCN1CCOCC1)Cc1cc2ccc(C)cc2[nH]c1=O. The molecule has 0 bridgehead atoms. The predicted octanol–water partition coefficient (Wildman–Crippen LogP) is 3.21. The fourth-order valence-corrected chi connectivity index (χ4v) is 3.96. The number of hydrogen-bond donors (Lipinski definition) is 2. The highest BCUT2D eigenvalue weighted by molar-refractivity contribution is 5.91. The second-order valence-corrected chi connectivity index (χ2v) is 8.22. The number of carbonyl (C=O) groups excluding carboxylic acids is 1. The molecule has 2 aromatic carbocycles. The number of H-pyrrole nitrogens is 1. The molecule has 2 N–H and O–H groups in total. The minimum absolute atomic E-state index is 0.186. The van der Waals surface area contributed by atoms with Gasteiger partial charge in [0.15, 0.2) is 0 Å². The van der Waals surface area contributed by atoms with E-state index in [1.54, 1.807) is 24.1 Å². The first kappa shape index (κ1) is 22.8. The Bertz CT molecular complexity index is 1170. The van der Waals surface area contributed by atoms with Crippen molar-refractivity contribution in [1.82, 2.24) is 14.8 Å². The summed E-state index contributed by atoms with van der Waals surface area (Å²) in [6, 6.07) is 14.8. The normalized spacial score (nSPS) is 14.2. The first-order valence-corrected chi connectivity index (χ1v) is 11.1. The summed E-state index contributed by atoms with van der Waals surface area (Å²) in [6.45, 7) is 6.41. The quantitative estimate of drug-likeness (QED) is 0.577. The molecule has 0 unspecified atom stereocenters. The van der Waals surface area contributed by atoms with Crippen molar-refractivity contribution in [2.24, 2.45) is 0 Å². The number of methoxy groups -OCH3 is 1. The Hall–Kier alpha value is -3.36. The van der Waals surface area contributed by atoms with Crippen molar-refractivity contribution in [2.75, 3.05) is 51.8 Å². The lowest BCUT2D eigenvalue weighted by molar-refractivity contribution is 0.0349. The number of urea groups is 1. The lowest BCUT2D eigenvalue weighted by atomic mass is 10.1. The molecule has 33 heavy (non-hydrogen) atoms. The van der Waals surface area contributed by atoms with Crippen molar-refractivity contribution in [2.45, 2.75) is 13.5 Å². The highest BCUT2D eigenvalue weighted by Crippen LogP contribution is 2.23. The first-order chi connectivity index (χ1) is 16.0. The Kier molecular flexibility index (Phi) is 7.26. The highest BCUT2D eigenvalue weighted by Gasteiger charge is 2.20. The summed E-state index contributed by atoms with van der Waals surface area (Å²) < 4.78 is 10.8. The molecule has 1 aliphatic heterocycles. The van der Waals surface area contributed by atoms with Gasteiger partial charge in [0.05, 0.1) is 32.6 Å². The summed E-state index contributed by atoms with van der Waals surface area (Å²) in [5, 5.41) is 3.88. The molecule has 0 atom stereocenters. The molecule has 8 heteroatoms. The number of para-hydroxylation sites is 2. The van der Waals surface area contributed by atoms with E-state index < -0.39 is 0 Å². The summed E-state index contributed by atoms with van der Waals surface area (Å²) >= 11 is 0. The molecule has 0 radical (unpaired) electrons. The van der Waals surface area contributed by atoms with E-state index in [9.17, 15) is 9.59 Å². The number of anilines is 1. The molecule has 3 aromatic rings. The number of pyridine rings is 1. The summed E-state index contributed by atoms with van der Waals surface area (Å²) in [5.74, 6) is 0.581. The van der Waals surface area contributed by atoms with Crippen LogP contribution in [-0.4, -0.2) is 67.3 Å². The van der Waals surface area contributed by atoms with Crippen molar-refractivity contribution in [3.05, 3.63) is 70.0 Å². The number of aromatic nitrogens is 1. The Balaban J connectivity index is 1.57. The molecule has 0 aliphatic carbocycles. The third-order valence-corrected chi connectivity index (χ3v) is 5.87. The zero-order chi connectivity index (χ0) is 23.2. The van der Waals surface area contributed by atoms with E-state index in [4.69, 9.17) is 9.47 Å². The number of ether oxygens (including phenoxy) is 2. The maximum atomic E-state index is 13.3. The van der Waals surface area contributed by atoms with Crippen molar-refractivity contribution >= 4 is 22.6 Å². The second-order valence-electron chi connectivity index (χ2n) is 8.22. The van der Waals surface area contributed by atoms with Gasteiger partial charge < -0.3 is 24.7 Å². The van der Waals surface area contributed by atoms with Gasteiger partial charge >= 0.3 is 6.03 Å². The summed E-state index contributed by atoms with van der Waals surface area (Å²) in [4.78, 5) is 33.0. The maximum absolute atomic E-state index is 13.3. The number of benzene rings is 2. The standard InChI is InChI=1S/C25H30N4O4/c1-18-7-8-19-16-20(24(30)26-22(19)15-18)17-29(10-9-28-11-13-33-14-12-28)25(31)27-21-5-3-4-6-23(21)32-2/h3-8,15-16H,9-14,17H2,1-2H3,(H,26,30)(H,27,31). The third-order valence-electron chi connectivity index (χ3n) is 5.87. The molecule has 1 saturated heterocycles. The van der Waals surface area contributed by atoms with Gasteiger partial charge in [0.1, 0.15) is 5.75 Å². The lowest BCUT2D eigenvalue weighted by Crippen LogP contribution is -2.44. The lowest BCUT2D eigenvalue weighted by Gasteiger charge is -2.30. The van der Waals surface area contributed by atoms with E-state index in [0.29, 0.717) is 43.3 Å². The number of fused-ring (bicyclic) bond motifs is 1. The fraction of sp³-hybridized carbons (Fsp3) is 0.360. The summed E-state index contributed by atoms with van der Waals surface area (Å²) in [5.41, 5.74) is 2.82. The molecular weight excluding hydrogens is 420 g/mol. The van der Waals surface area contributed by atoms with E-state index in [0.717, 1.165) is 29.6 Å². The van der Waals surface area contributed by atoms with Crippen molar-refractivity contribution in [1.29, 1.82) is 0 Å². The van der Waals surface area contributed by atoms with Crippen LogP contribution >= 0.6 is 0 Å². The van der Waals surface area contributed by atoms with Gasteiger partial charge in [-0.05, 0) is 42.1 Å². The number of nitrogens with one attached hydrogen (secondary N) is 2. The summed E-state index contributed by atoms with van der Waals surface area (Å²) in [6.07, 6.45) is 0. The van der Waals surface area contributed by atoms with Gasteiger partial charge in [-0.25, -0.2) is 4.79 Å². The number of nitrogens with zero attached hydrogens (tertiary/aromatic N) is 2. The molecule has 174 valence electrons. The molecule has 1 aliphatic rings. The molecule has 0 spiro atoms. The number of hydrogen-bond acceptors (Lipinski definition) is 5. The first-order valence-electron chi connectivity index (χ1n) is 11.1. The van der Waals surface area contributed by atoms with Crippen LogP contribution in [0.4, 0.5) is 10.5 Å². The van der Waals surface area contributed by atoms with E-state index in [1.165, 1.54) is 0 Å². The fourth-order valence-electron chi connectivity index (χ4n) is 3.96. The van der Waals surface area contributed by atoms with Gasteiger partial charge in [0, 0.05) is 37.3 Å². The average molecular weight is 451 g/mol. The van der Waals surface area contributed by atoms with Crippen LogP contribution in [0.1, 0.15) is 11.1 Å². The van der Waals surface area contributed by atoms with Crippen molar-refractivity contribution in [3.8, 4) is 5.75 Å². The van der Waals surface area contributed by atoms with Gasteiger partial charge in [-0.15, -0.1) is 0 Å². The molecular formula is C25H30N4O4. The number of aryl methyl sites for hydroxylation is 1. The van der Waals surface area contributed by atoms with Crippen molar-refractivity contribution < 1.29 is 14.3 Å². The van der Waals surface area contributed by atoms with Crippen LogP contribution in [0.5, 0.6) is 5.75 Å². The predicted molar refractivity (Wildman–Crippen MR) is 129 cm³/mol. The topological polar surface area (TPSA) is 86.9 Å².